The maximum absolute atomic E-state index is 11.6. The Morgan fingerprint density at radius 3 is 2.86 bits per heavy atom. The minimum absolute atomic E-state index is 0.286. The average molecular weight is 401 g/mol. The zero-order valence-electron chi connectivity index (χ0n) is 12.4. The SMILES string of the molecule is CC(C)(C)OC(=O)NCC(N)c1c[nH]c2cc(I)ccc12. The van der Waals surface area contributed by atoms with E-state index in [0.29, 0.717) is 6.54 Å². The normalized spacial score (nSPS) is 13.2. The predicted octanol–water partition coefficient (Wildman–Crippen LogP) is 3.30. The predicted molar refractivity (Wildman–Crippen MR) is 92.2 cm³/mol. The summed E-state index contributed by atoms with van der Waals surface area (Å²) in [4.78, 5) is 14.9. The number of alkyl carbamates (subject to hydrolysis) is 1. The Kier molecular flexibility index (Phi) is 4.77. The Bertz CT molecular complexity index is 646. The highest BCUT2D eigenvalue weighted by Crippen LogP contribution is 2.24. The molecule has 0 saturated heterocycles. The number of carbonyl (C=O) groups excluding carboxylic acids is 1. The second kappa shape index (κ2) is 6.23. The van der Waals surface area contributed by atoms with Crippen molar-refractivity contribution >= 4 is 39.6 Å². The first kappa shape index (κ1) is 16.1. The second-order valence-corrected chi connectivity index (χ2v) is 7.17. The van der Waals surface area contributed by atoms with Gasteiger partial charge in [0, 0.05) is 33.3 Å². The molecule has 0 radical (unpaired) electrons. The van der Waals surface area contributed by atoms with E-state index < -0.39 is 11.7 Å². The molecule has 1 heterocycles. The maximum atomic E-state index is 11.6. The fraction of sp³-hybridized carbons (Fsp3) is 0.400. The van der Waals surface area contributed by atoms with E-state index in [1.165, 1.54) is 0 Å². The van der Waals surface area contributed by atoms with E-state index in [4.69, 9.17) is 10.5 Å². The lowest BCUT2D eigenvalue weighted by atomic mass is 10.1. The largest absolute Gasteiger partial charge is 0.444 e. The molecule has 6 heteroatoms. The summed E-state index contributed by atoms with van der Waals surface area (Å²) < 4.78 is 6.36. The monoisotopic (exact) mass is 401 g/mol. The number of rotatable bonds is 3. The highest BCUT2D eigenvalue weighted by Gasteiger charge is 2.18. The van der Waals surface area contributed by atoms with Crippen LogP contribution in [0.4, 0.5) is 4.79 Å². The molecule has 0 aliphatic rings. The number of aromatic amines is 1. The summed E-state index contributed by atoms with van der Waals surface area (Å²) in [6.45, 7) is 5.81. The highest BCUT2D eigenvalue weighted by molar-refractivity contribution is 14.1. The van der Waals surface area contributed by atoms with Crippen molar-refractivity contribution in [2.45, 2.75) is 32.4 Å². The van der Waals surface area contributed by atoms with Gasteiger partial charge in [-0.2, -0.15) is 0 Å². The van der Waals surface area contributed by atoms with E-state index in [9.17, 15) is 4.79 Å². The summed E-state index contributed by atoms with van der Waals surface area (Å²) in [6.07, 6.45) is 1.44. The van der Waals surface area contributed by atoms with Crippen LogP contribution >= 0.6 is 22.6 Å². The smallest absolute Gasteiger partial charge is 0.407 e. The Labute approximate surface area is 137 Å². The molecule has 1 atom stereocenters. The van der Waals surface area contributed by atoms with E-state index in [1.807, 2.05) is 39.1 Å². The van der Waals surface area contributed by atoms with E-state index in [2.05, 4.69) is 39.0 Å². The molecule has 1 amide bonds. The summed E-state index contributed by atoms with van der Waals surface area (Å²) in [5.74, 6) is 0. The zero-order chi connectivity index (χ0) is 15.6. The van der Waals surface area contributed by atoms with E-state index in [1.54, 1.807) is 0 Å². The quantitative estimate of drug-likeness (QED) is 0.691. The van der Waals surface area contributed by atoms with Gasteiger partial charge in [-0.15, -0.1) is 0 Å². The number of carbonyl (C=O) groups is 1. The first-order valence-corrected chi connectivity index (χ1v) is 7.83. The third kappa shape index (κ3) is 4.34. The lowest BCUT2D eigenvalue weighted by molar-refractivity contribution is 0.0524. The summed E-state index contributed by atoms with van der Waals surface area (Å²) in [7, 11) is 0. The molecule has 2 aromatic rings. The summed E-state index contributed by atoms with van der Waals surface area (Å²) in [6, 6.07) is 5.85. The number of hydrogen-bond acceptors (Lipinski definition) is 3. The van der Waals surface area contributed by atoms with Crippen LogP contribution < -0.4 is 11.1 Å². The molecular formula is C15H20IN3O2. The number of ether oxygens (including phenoxy) is 1. The van der Waals surface area contributed by atoms with Crippen LogP contribution in [0.25, 0.3) is 10.9 Å². The molecule has 1 unspecified atom stereocenters. The fourth-order valence-corrected chi connectivity index (χ4v) is 2.54. The van der Waals surface area contributed by atoms with Crippen LogP contribution in [0.1, 0.15) is 32.4 Å². The van der Waals surface area contributed by atoms with E-state index >= 15 is 0 Å². The van der Waals surface area contributed by atoms with Crippen molar-refractivity contribution in [3.05, 3.63) is 33.5 Å². The molecule has 0 spiro atoms. The van der Waals surface area contributed by atoms with Gasteiger partial charge in [-0.05, 0) is 61.1 Å². The first-order valence-electron chi connectivity index (χ1n) is 6.75. The van der Waals surface area contributed by atoms with Crippen molar-refractivity contribution in [3.8, 4) is 0 Å². The molecule has 0 aliphatic heterocycles. The van der Waals surface area contributed by atoms with Crippen molar-refractivity contribution in [2.75, 3.05) is 6.54 Å². The van der Waals surface area contributed by atoms with Crippen LogP contribution in [-0.2, 0) is 4.74 Å². The molecule has 21 heavy (non-hydrogen) atoms. The minimum atomic E-state index is -0.508. The molecule has 114 valence electrons. The van der Waals surface area contributed by atoms with Crippen LogP contribution in [0.3, 0.4) is 0 Å². The molecule has 0 fully saturated rings. The molecule has 1 aromatic carbocycles. The number of H-pyrrole nitrogens is 1. The Hall–Kier alpha value is -1.28. The molecule has 1 aromatic heterocycles. The van der Waals surface area contributed by atoms with Gasteiger partial charge < -0.3 is 20.8 Å². The van der Waals surface area contributed by atoms with Crippen LogP contribution in [-0.4, -0.2) is 23.2 Å². The molecule has 5 nitrogen and oxygen atoms in total. The van der Waals surface area contributed by atoms with Crippen molar-refractivity contribution in [1.82, 2.24) is 10.3 Å². The average Bonchev–Trinajstić information content (AvgIpc) is 2.76. The van der Waals surface area contributed by atoms with Gasteiger partial charge in [-0.3, -0.25) is 0 Å². The zero-order valence-corrected chi connectivity index (χ0v) is 14.5. The Balaban J connectivity index is 2.02. The molecule has 0 aliphatic carbocycles. The highest BCUT2D eigenvalue weighted by atomic mass is 127. The number of benzene rings is 1. The maximum Gasteiger partial charge on any atom is 0.407 e. The van der Waals surface area contributed by atoms with Gasteiger partial charge in [0.15, 0.2) is 0 Å². The molecule has 0 bridgehead atoms. The van der Waals surface area contributed by atoms with Crippen LogP contribution in [0, 0.1) is 3.57 Å². The van der Waals surface area contributed by atoms with Gasteiger partial charge in [0.1, 0.15) is 5.60 Å². The number of fused-ring (bicyclic) bond motifs is 1. The molecule has 4 N–H and O–H groups in total. The molecule has 2 rings (SSSR count). The second-order valence-electron chi connectivity index (χ2n) is 5.92. The first-order chi connectivity index (χ1) is 9.76. The van der Waals surface area contributed by atoms with E-state index in [0.717, 1.165) is 20.0 Å². The fourth-order valence-electron chi connectivity index (χ4n) is 2.05. The number of nitrogens with one attached hydrogen (secondary N) is 2. The minimum Gasteiger partial charge on any atom is -0.444 e. The van der Waals surface area contributed by atoms with Crippen molar-refractivity contribution < 1.29 is 9.53 Å². The van der Waals surface area contributed by atoms with Gasteiger partial charge in [-0.25, -0.2) is 4.79 Å². The van der Waals surface area contributed by atoms with Crippen LogP contribution in [0.15, 0.2) is 24.4 Å². The third-order valence-electron chi connectivity index (χ3n) is 2.94. The number of aromatic nitrogens is 1. The number of nitrogens with two attached hydrogens (primary N) is 1. The molecule has 0 saturated carbocycles. The number of amides is 1. The van der Waals surface area contributed by atoms with Crippen molar-refractivity contribution in [2.24, 2.45) is 5.73 Å². The Morgan fingerprint density at radius 1 is 1.48 bits per heavy atom. The molecular weight excluding hydrogens is 381 g/mol. The van der Waals surface area contributed by atoms with E-state index in [-0.39, 0.29) is 6.04 Å². The summed E-state index contributed by atoms with van der Waals surface area (Å²) in [5, 5.41) is 3.78. The van der Waals surface area contributed by atoms with Gasteiger partial charge in [-0.1, -0.05) is 6.07 Å². The van der Waals surface area contributed by atoms with Gasteiger partial charge in [0.25, 0.3) is 0 Å². The standard InChI is InChI=1S/C15H20IN3O2/c1-15(2,3)21-14(20)19-8-12(17)11-7-18-13-6-9(16)4-5-10(11)13/h4-7,12,18H,8,17H2,1-3H3,(H,19,20). The van der Waals surface area contributed by atoms with Crippen LogP contribution in [0.2, 0.25) is 0 Å². The Morgan fingerprint density at radius 2 is 2.19 bits per heavy atom. The third-order valence-corrected chi connectivity index (χ3v) is 3.61. The summed E-state index contributed by atoms with van der Waals surface area (Å²) >= 11 is 2.27. The van der Waals surface area contributed by atoms with Gasteiger partial charge >= 0.3 is 6.09 Å². The van der Waals surface area contributed by atoms with Crippen LogP contribution in [0.5, 0.6) is 0 Å². The topological polar surface area (TPSA) is 80.1 Å². The van der Waals surface area contributed by atoms with Crippen molar-refractivity contribution in [3.63, 3.8) is 0 Å². The number of hydrogen-bond donors (Lipinski definition) is 3. The lowest BCUT2D eigenvalue weighted by Gasteiger charge is -2.20. The lowest BCUT2D eigenvalue weighted by Crippen LogP contribution is -2.36. The summed E-state index contributed by atoms with van der Waals surface area (Å²) in [5.41, 5.74) is 7.68. The number of halogens is 1. The van der Waals surface area contributed by atoms with Crippen molar-refractivity contribution in [1.29, 1.82) is 0 Å². The van der Waals surface area contributed by atoms with Gasteiger partial charge in [0.2, 0.25) is 0 Å². The van der Waals surface area contributed by atoms with Gasteiger partial charge in [0.05, 0.1) is 0 Å².